The number of carboxylic acids is 1. The molecule has 0 aliphatic rings. The Hall–Kier alpha value is 0.457. The van der Waals surface area contributed by atoms with Crippen molar-refractivity contribution in [1.82, 2.24) is 0 Å². The highest BCUT2D eigenvalue weighted by atomic mass is 79.9. The summed E-state index contributed by atoms with van der Waals surface area (Å²) in [5.41, 5.74) is 0. The van der Waals surface area contributed by atoms with E-state index in [9.17, 15) is 4.79 Å². The van der Waals surface area contributed by atoms with E-state index in [1.807, 2.05) is 0 Å². The van der Waals surface area contributed by atoms with E-state index in [0.29, 0.717) is 6.42 Å². The summed E-state index contributed by atoms with van der Waals surface area (Å²) in [5.74, 6) is -0.792. The fourth-order valence-electron chi connectivity index (χ4n) is 1.11. The molecule has 0 aromatic heterocycles. The van der Waals surface area contributed by atoms with E-state index in [2.05, 4.69) is 29.0 Å². The third-order valence-corrected chi connectivity index (χ3v) is 4.96. The van der Waals surface area contributed by atoms with Crippen molar-refractivity contribution in [2.75, 3.05) is 0 Å². The lowest BCUT2D eigenvalue weighted by Gasteiger charge is -2.18. The summed E-state index contributed by atoms with van der Waals surface area (Å²) in [7, 11) is -1.47. The summed E-state index contributed by atoms with van der Waals surface area (Å²) in [6, 6.07) is 1.05. The van der Waals surface area contributed by atoms with Crippen molar-refractivity contribution >= 4 is 40.4 Å². The average Bonchev–Trinajstić information content (AvgIpc) is 1.96. The lowest BCUT2D eigenvalue weighted by Crippen LogP contribution is -2.27. The molecule has 1 atom stereocenters. The van der Waals surface area contributed by atoms with Crippen LogP contribution in [0.4, 0.5) is 0 Å². The fraction of sp³-hybridized carbons (Fsp3) is 0.889. The lowest BCUT2D eigenvalue weighted by atomic mass is 10.1. The minimum absolute atomic E-state index is 0.656. The number of carbonyl (C=O) groups is 1. The molecule has 14 heavy (non-hydrogen) atoms. The van der Waals surface area contributed by atoms with Gasteiger partial charge in [-0.25, -0.2) is 0 Å². The Morgan fingerprint density at radius 2 is 2.00 bits per heavy atom. The minimum Gasteiger partial charge on any atom is -0.480 e. The van der Waals surface area contributed by atoms with Crippen LogP contribution in [0.15, 0.2) is 0 Å². The van der Waals surface area contributed by atoms with Gasteiger partial charge in [-0.2, -0.15) is 11.1 Å². The van der Waals surface area contributed by atoms with E-state index in [1.54, 1.807) is 6.92 Å². The van der Waals surface area contributed by atoms with Gasteiger partial charge in [-0.1, -0.05) is 41.9 Å². The van der Waals surface area contributed by atoms with Gasteiger partial charge in [0, 0.05) is 0 Å². The Labute approximate surface area is 99.9 Å². The summed E-state index contributed by atoms with van der Waals surface area (Å²) in [5, 5.41) is 8.84. The van der Waals surface area contributed by atoms with Gasteiger partial charge in [0.05, 0.1) is 0 Å². The van der Waals surface area contributed by atoms with Gasteiger partial charge in [-0.05, 0) is 19.4 Å². The van der Waals surface area contributed by atoms with Crippen LogP contribution in [0.5, 0.6) is 0 Å². The number of unbranched alkanes of at least 4 members (excludes halogenated alkanes) is 1. The van der Waals surface area contributed by atoms with Crippen LogP contribution < -0.4 is 0 Å². The van der Waals surface area contributed by atoms with E-state index < -0.39 is 17.7 Å². The summed E-state index contributed by atoms with van der Waals surface area (Å²) >= 11 is 9.36. The second-order valence-electron chi connectivity index (χ2n) is 4.43. The van der Waals surface area contributed by atoms with Gasteiger partial charge in [0.2, 0.25) is 0 Å². The number of carboxylic acid groups (broad SMARTS) is 1. The Morgan fingerprint density at radius 3 is 2.36 bits per heavy atom. The number of rotatable bonds is 6. The molecule has 2 nitrogen and oxygen atoms in total. The highest BCUT2D eigenvalue weighted by Gasteiger charge is 2.29. The van der Waals surface area contributed by atoms with E-state index in [-0.39, 0.29) is 0 Å². The molecule has 1 unspecified atom stereocenters. The molecule has 0 spiro atoms. The smallest absolute Gasteiger partial charge is 0.320 e. The molecule has 0 fully saturated rings. The highest BCUT2D eigenvalue weighted by molar-refractivity contribution is 9.10. The van der Waals surface area contributed by atoms with Gasteiger partial charge in [-0.15, -0.1) is 0 Å². The van der Waals surface area contributed by atoms with Gasteiger partial charge in [0.25, 0.3) is 0 Å². The maximum absolute atomic E-state index is 10.7. The van der Waals surface area contributed by atoms with Crippen molar-refractivity contribution in [3.63, 3.8) is 0 Å². The molecule has 0 heterocycles. The largest absolute Gasteiger partial charge is 0.480 e. The first-order valence-corrected chi connectivity index (χ1v) is 9.77. The monoisotopic (exact) mass is 300 g/mol. The molecule has 0 rings (SSSR count). The number of alkyl halides is 1. The van der Waals surface area contributed by atoms with Crippen molar-refractivity contribution in [2.24, 2.45) is 0 Å². The molecule has 0 aliphatic heterocycles. The first-order valence-electron chi connectivity index (χ1n) is 4.76. The standard InChI is InChI=1S/C9H18BrClO2Si/c1-9(10,8(12)13)6-4-5-7-14(2,3)11/h4-7H2,1-3H3,(H,12,13). The van der Waals surface area contributed by atoms with Crippen LogP contribution in [0.1, 0.15) is 26.2 Å². The topological polar surface area (TPSA) is 37.3 Å². The van der Waals surface area contributed by atoms with Gasteiger partial charge in [0.1, 0.15) is 11.7 Å². The van der Waals surface area contributed by atoms with Gasteiger partial charge in [0.15, 0.2) is 0 Å². The van der Waals surface area contributed by atoms with Crippen LogP contribution in [0, 0.1) is 0 Å². The van der Waals surface area contributed by atoms with Crippen molar-refractivity contribution in [1.29, 1.82) is 0 Å². The molecule has 0 aromatic rings. The summed E-state index contributed by atoms with van der Waals surface area (Å²) < 4.78 is -0.773. The highest BCUT2D eigenvalue weighted by Crippen LogP contribution is 2.26. The summed E-state index contributed by atoms with van der Waals surface area (Å²) in [6.45, 7) is 5.91. The second-order valence-corrected chi connectivity index (χ2v) is 13.2. The zero-order valence-corrected chi connectivity index (χ0v) is 12.3. The van der Waals surface area contributed by atoms with Crippen LogP contribution in [-0.2, 0) is 4.79 Å². The number of hydrogen-bond donors (Lipinski definition) is 1. The maximum Gasteiger partial charge on any atom is 0.320 e. The Bertz CT molecular complexity index is 201. The quantitative estimate of drug-likeness (QED) is 0.350. The van der Waals surface area contributed by atoms with Crippen LogP contribution in [0.2, 0.25) is 19.1 Å². The number of aliphatic carboxylic acids is 1. The molecule has 0 amide bonds. The first-order chi connectivity index (χ1) is 6.15. The third-order valence-electron chi connectivity index (χ3n) is 2.11. The molecule has 0 radical (unpaired) electrons. The molecule has 84 valence electrons. The Balaban J connectivity index is 3.70. The SMILES string of the molecule is CC(Br)(CCCC[Si](C)(C)Cl)C(=O)O. The zero-order valence-electron chi connectivity index (χ0n) is 8.94. The van der Waals surface area contributed by atoms with Crippen LogP contribution in [0.3, 0.4) is 0 Å². The van der Waals surface area contributed by atoms with Gasteiger partial charge in [-0.3, -0.25) is 4.79 Å². The first kappa shape index (κ1) is 14.5. The molecular weight excluding hydrogens is 284 g/mol. The zero-order chi connectivity index (χ0) is 11.4. The molecule has 0 saturated heterocycles. The molecular formula is C9H18BrClO2Si. The van der Waals surface area contributed by atoms with Crippen molar-refractivity contribution < 1.29 is 9.90 Å². The number of hydrogen-bond acceptors (Lipinski definition) is 1. The van der Waals surface area contributed by atoms with Crippen molar-refractivity contribution in [2.45, 2.75) is 49.6 Å². The minimum atomic E-state index is -1.47. The molecule has 0 saturated carbocycles. The van der Waals surface area contributed by atoms with Gasteiger partial charge >= 0.3 is 5.97 Å². The van der Waals surface area contributed by atoms with E-state index in [0.717, 1.165) is 18.9 Å². The van der Waals surface area contributed by atoms with Crippen LogP contribution in [0.25, 0.3) is 0 Å². The molecule has 0 aromatic carbocycles. The van der Waals surface area contributed by atoms with E-state index >= 15 is 0 Å². The maximum atomic E-state index is 10.7. The molecule has 1 N–H and O–H groups in total. The Morgan fingerprint density at radius 1 is 1.50 bits per heavy atom. The Kier molecular flexibility index (Phi) is 5.70. The normalized spacial score (nSPS) is 16.4. The van der Waals surface area contributed by atoms with E-state index in [1.165, 1.54) is 0 Å². The van der Waals surface area contributed by atoms with Crippen LogP contribution >= 0.6 is 27.0 Å². The number of halogens is 2. The molecule has 0 aliphatic carbocycles. The van der Waals surface area contributed by atoms with E-state index in [4.69, 9.17) is 16.2 Å². The predicted octanol–water partition coefficient (Wildman–Crippen LogP) is 3.84. The van der Waals surface area contributed by atoms with Crippen LogP contribution in [-0.4, -0.2) is 22.8 Å². The second kappa shape index (κ2) is 5.52. The summed E-state index contributed by atoms with van der Waals surface area (Å²) in [6.07, 6.45) is 2.60. The van der Waals surface area contributed by atoms with Gasteiger partial charge < -0.3 is 5.11 Å². The predicted molar refractivity (Wildman–Crippen MR) is 67.0 cm³/mol. The lowest BCUT2D eigenvalue weighted by molar-refractivity contribution is -0.139. The fourth-order valence-corrected chi connectivity index (χ4v) is 2.88. The van der Waals surface area contributed by atoms with Crippen molar-refractivity contribution in [3.05, 3.63) is 0 Å². The van der Waals surface area contributed by atoms with Crippen molar-refractivity contribution in [3.8, 4) is 0 Å². The average molecular weight is 302 g/mol. The molecule has 5 heteroatoms. The molecule has 0 bridgehead atoms. The summed E-state index contributed by atoms with van der Waals surface area (Å²) in [4.78, 5) is 10.7. The third kappa shape index (κ3) is 6.84.